The van der Waals surface area contributed by atoms with Crippen LogP contribution in [0.5, 0.6) is 0 Å². The minimum Gasteiger partial charge on any atom is -0.340 e. The Labute approximate surface area is 122 Å². The van der Waals surface area contributed by atoms with Crippen molar-refractivity contribution in [3.63, 3.8) is 0 Å². The van der Waals surface area contributed by atoms with Crippen LogP contribution in [0.15, 0.2) is 66.9 Å². The van der Waals surface area contributed by atoms with Crippen molar-refractivity contribution in [2.24, 2.45) is 0 Å². The predicted octanol–water partition coefficient (Wildman–Crippen LogP) is 4.54. The summed E-state index contributed by atoms with van der Waals surface area (Å²) < 4.78 is 0. The summed E-state index contributed by atoms with van der Waals surface area (Å²) in [6.45, 7) is 0. The Balaban J connectivity index is 1.88. The van der Waals surface area contributed by atoms with E-state index < -0.39 is 0 Å². The number of anilines is 2. The Morgan fingerprint density at radius 3 is 2.55 bits per heavy atom. The molecule has 0 saturated carbocycles. The lowest BCUT2D eigenvalue weighted by Crippen LogP contribution is -1.96. The molecule has 0 aliphatic heterocycles. The molecule has 2 aromatic carbocycles. The third-order valence-electron chi connectivity index (χ3n) is 2.78. The van der Waals surface area contributed by atoms with Crippen LogP contribution in [-0.4, -0.2) is 9.97 Å². The van der Waals surface area contributed by atoms with E-state index in [0.717, 1.165) is 17.1 Å². The number of nitrogens with one attached hydrogen (secondary N) is 1. The lowest BCUT2D eigenvalue weighted by Gasteiger charge is -2.07. The Bertz CT molecular complexity index is 714. The van der Waals surface area contributed by atoms with E-state index in [-0.39, 0.29) is 0 Å². The third kappa shape index (κ3) is 2.95. The Kier molecular flexibility index (Phi) is 3.61. The lowest BCUT2D eigenvalue weighted by molar-refractivity contribution is 1.17. The zero-order valence-corrected chi connectivity index (χ0v) is 11.4. The second-order valence-corrected chi connectivity index (χ2v) is 4.70. The monoisotopic (exact) mass is 281 g/mol. The fraction of sp³-hybridized carbons (Fsp3) is 0. The molecule has 0 atom stereocenters. The van der Waals surface area contributed by atoms with Gasteiger partial charge in [-0.25, -0.2) is 9.97 Å². The van der Waals surface area contributed by atoms with Crippen LogP contribution in [0.1, 0.15) is 0 Å². The van der Waals surface area contributed by atoms with E-state index in [4.69, 9.17) is 11.6 Å². The van der Waals surface area contributed by atoms with Crippen molar-refractivity contribution >= 4 is 23.1 Å². The smallest absolute Gasteiger partial charge is 0.161 e. The molecule has 0 bridgehead atoms. The van der Waals surface area contributed by atoms with Gasteiger partial charge in [-0.1, -0.05) is 48.0 Å². The first-order chi connectivity index (χ1) is 9.81. The molecular weight excluding hydrogens is 270 g/mol. The number of nitrogens with zero attached hydrogens (tertiary/aromatic N) is 2. The van der Waals surface area contributed by atoms with Crippen molar-refractivity contribution in [1.82, 2.24) is 9.97 Å². The highest BCUT2D eigenvalue weighted by atomic mass is 35.5. The summed E-state index contributed by atoms with van der Waals surface area (Å²) >= 11 is 5.97. The average molecular weight is 282 g/mol. The molecule has 3 nitrogen and oxygen atoms in total. The molecule has 0 saturated heterocycles. The molecule has 1 N–H and O–H groups in total. The quantitative estimate of drug-likeness (QED) is 0.766. The molecule has 0 aliphatic carbocycles. The molecule has 0 unspecified atom stereocenters. The van der Waals surface area contributed by atoms with Crippen LogP contribution in [0.4, 0.5) is 11.5 Å². The average Bonchev–Trinajstić information content (AvgIpc) is 2.48. The minimum atomic E-state index is 0.687. The summed E-state index contributed by atoms with van der Waals surface area (Å²) in [6.07, 6.45) is 1.74. The third-order valence-corrected chi connectivity index (χ3v) is 3.02. The van der Waals surface area contributed by atoms with Crippen LogP contribution in [-0.2, 0) is 0 Å². The van der Waals surface area contributed by atoms with Crippen LogP contribution in [0.3, 0.4) is 0 Å². The lowest BCUT2D eigenvalue weighted by atomic mass is 10.2. The molecule has 1 heterocycles. The van der Waals surface area contributed by atoms with Gasteiger partial charge in [-0.05, 0) is 24.3 Å². The highest BCUT2D eigenvalue weighted by molar-refractivity contribution is 6.30. The first kappa shape index (κ1) is 12.6. The minimum absolute atomic E-state index is 0.687. The molecule has 0 amide bonds. The second kappa shape index (κ2) is 5.72. The molecule has 3 aromatic rings. The zero-order valence-electron chi connectivity index (χ0n) is 10.6. The molecule has 4 heteroatoms. The highest BCUT2D eigenvalue weighted by Crippen LogP contribution is 2.20. The van der Waals surface area contributed by atoms with Crippen LogP contribution in [0.2, 0.25) is 5.02 Å². The van der Waals surface area contributed by atoms with Crippen molar-refractivity contribution < 1.29 is 0 Å². The van der Waals surface area contributed by atoms with E-state index in [1.807, 2.05) is 60.7 Å². The van der Waals surface area contributed by atoms with Gasteiger partial charge in [0.1, 0.15) is 5.82 Å². The first-order valence-electron chi connectivity index (χ1n) is 6.22. The van der Waals surface area contributed by atoms with Crippen LogP contribution < -0.4 is 5.32 Å². The maximum Gasteiger partial charge on any atom is 0.161 e. The molecule has 0 radical (unpaired) electrons. The van der Waals surface area contributed by atoms with Crippen LogP contribution in [0, 0.1) is 0 Å². The molecule has 0 fully saturated rings. The summed E-state index contributed by atoms with van der Waals surface area (Å²) in [5.41, 5.74) is 1.89. The number of aromatic nitrogens is 2. The number of halogens is 1. The zero-order chi connectivity index (χ0) is 13.8. The van der Waals surface area contributed by atoms with Gasteiger partial charge in [-0.3, -0.25) is 0 Å². The Morgan fingerprint density at radius 1 is 0.900 bits per heavy atom. The first-order valence-corrected chi connectivity index (χ1v) is 6.60. The molecule has 20 heavy (non-hydrogen) atoms. The fourth-order valence-corrected chi connectivity index (χ4v) is 2.06. The molecule has 1 aromatic heterocycles. The topological polar surface area (TPSA) is 37.8 Å². The summed E-state index contributed by atoms with van der Waals surface area (Å²) in [7, 11) is 0. The Hall–Kier alpha value is -2.39. The van der Waals surface area contributed by atoms with Gasteiger partial charge in [0.05, 0.1) is 0 Å². The van der Waals surface area contributed by atoms with Crippen LogP contribution >= 0.6 is 11.6 Å². The second-order valence-electron chi connectivity index (χ2n) is 4.27. The van der Waals surface area contributed by atoms with Gasteiger partial charge in [0, 0.05) is 22.5 Å². The Morgan fingerprint density at radius 2 is 1.75 bits per heavy atom. The van der Waals surface area contributed by atoms with Gasteiger partial charge < -0.3 is 5.32 Å². The van der Waals surface area contributed by atoms with Crippen molar-refractivity contribution in [3.05, 3.63) is 71.9 Å². The normalized spacial score (nSPS) is 10.2. The SMILES string of the molecule is Clc1cccc(Nc2ccnc(-c3ccccc3)n2)c1. The van der Waals surface area contributed by atoms with Gasteiger partial charge in [0.2, 0.25) is 0 Å². The van der Waals surface area contributed by atoms with Gasteiger partial charge in [0.25, 0.3) is 0 Å². The molecular formula is C16H12ClN3. The van der Waals surface area contributed by atoms with E-state index in [0.29, 0.717) is 10.8 Å². The number of hydrogen-bond donors (Lipinski definition) is 1. The van der Waals surface area contributed by atoms with E-state index in [1.165, 1.54) is 0 Å². The molecule has 0 spiro atoms. The van der Waals surface area contributed by atoms with Gasteiger partial charge >= 0.3 is 0 Å². The van der Waals surface area contributed by atoms with Gasteiger partial charge in [-0.15, -0.1) is 0 Å². The number of benzene rings is 2. The highest BCUT2D eigenvalue weighted by Gasteiger charge is 2.02. The van der Waals surface area contributed by atoms with E-state index in [1.54, 1.807) is 6.20 Å². The van der Waals surface area contributed by atoms with E-state index in [2.05, 4.69) is 15.3 Å². The summed E-state index contributed by atoms with van der Waals surface area (Å²) in [4.78, 5) is 8.79. The predicted molar refractivity (Wildman–Crippen MR) is 82.2 cm³/mol. The fourth-order valence-electron chi connectivity index (χ4n) is 1.87. The summed E-state index contributed by atoms with van der Waals surface area (Å²) in [5.74, 6) is 1.43. The van der Waals surface area contributed by atoms with E-state index in [9.17, 15) is 0 Å². The standard InChI is InChI=1S/C16H12ClN3/c17-13-7-4-8-14(11-13)19-15-9-10-18-16(20-15)12-5-2-1-3-6-12/h1-11H,(H,18,19,20). The van der Waals surface area contributed by atoms with E-state index >= 15 is 0 Å². The van der Waals surface area contributed by atoms with Crippen molar-refractivity contribution in [2.75, 3.05) is 5.32 Å². The maximum absolute atomic E-state index is 5.97. The number of hydrogen-bond acceptors (Lipinski definition) is 3. The van der Waals surface area contributed by atoms with Gasteiger partial charge in [-0.2, -0.15) is 0 Å². The van der Waals surface area contributed by atoms with Crippen molar-refractivity contribution in [3.8, 4) is 11.4 Å². The molecule has 3 rings (SSSR count). The van der Waals surface area contributed by atoms with Gasteiger partial charge in [0.15, 0.2) is 5.82 Å². The maximum atomic E-state index is 5.97. The molecule has 0 aliphatic rings. The number of rotatable bonds is 3. The summed E-state index contributed by atoms with van der Waals surface area (Å²) in [5, 5.41) is 3.91. The van der Waals surface area contributed by atoms with Crippen molar-refractivity contribution in [2.45, 2.75) is 0 Å². The largest absolute Gasteiger partial charge is 0.340 e. The summed E-state index contributed by atoms with van der Waals surface area (Å²) in [6, 6.07) is 19.2. The molecule has 98 valence electrons. The van der Waals surface area contributed by atoms with Crippen LogP contribution in [0.25, 0.3) is 11.4 Å². The van der Waals surface area contributed by atoms with Crippen molar-refractivity contribution in [1.29, 1.82) is 0 Å².